The van der Waals surface area contributed by atoms with Crippen molar-refractivity contribution >= 4 is 16.8 Å². The van der Waals surface area contributed by atoms with Gasteiger partial charge in [0.25, 0.3) is 0 Å². The molecule has 120 valence electrons. The fourth-order valence-corrected chi connectivity index (χ4v) is 5.49. The molecule has 4 heterocycles. The Bertz CT molecular complexity index is 824. The number of rotatable bonds is 1. The van der Waals surface area contributed by atoms with Crippen LogP contribution in [0.5, 0.6) is 0 Å². The third-order valence-electron chi connectivity index (χ3n) is 6.47. The molecule has 0 amide bonds. The second-order valence-corrected chi connectivity index (χ2v) is 7.45. The van der Waals surface area contributed by atoms with Crippen molar-refractivity contribution in [3.05, 3.63) is 35.5 Å². The van der Waals surface area contributed by atoms with Crippen molar-refractivity contribution in [1.29, 1.82) is 0 Å². The maximum Gasteiger partial charge on any atom is 0.231 e. The summed E-state index contributed by atoms with van der Waals surface area (Å²) in [6.45, 7) is 3.94. The first-order valence-corrected chi connectivity index (χ1v) is 8.75. The monoisotopic (exact) mass is 310 g/mol. The predicted molar refractivity (Wildman–Crippen MR) is 88.4 cm³/mol. The Hall–Kier alpha value is -1.65. The van der Waals surface area contributed by atoms with E-state index in [1.807, 2.05) is 22.8 Å². The lowest BCUT2D eigenvalue weighted by atomic mass is 9.64. The second-order valence-electron chi connectivity index (χ2n) is 7.45. The summed E-state index contributed by atoms with van der Waals surface area (Å²) in [4.78, 5) is 15.5. The molecule has 3 atom stereocenters. The molecule has 23 heavy (non-hydrogen) atoms. The molecule has 2 aromatic rings. The van der Waals surface area contributed by atoms with Crippen LogP contribution in [0.2, 0.25) is 0 Å². The van der Waals surface area contributed by atoms with Crippen LogP contribution >= 0.6 is 0 Å². The number of aliphatic hydroxyl groups is 1. The Kier molecular flexibility index (Phi) is 2.67. The predicted octanol–water partition coefficient (Wildman–Crippen LogP) is 3.27. The number of hydrogen-bond donors (Lipinski definition) is 1. The minimum atomic E-state index is -0.494. The van der Waals surface area contributed by atoms with Crippen molar-refractivity contribution in [2.24, 2.45) is 5.41 Å². The third kappa shape index (κ3) is 1.56. The zero-order valence-electron chi connectivity index (χ0n) is 13.5. The molecule has 0 saturated carbocycles. The summed E-state index contributed by atoms with van der Waals surface area (Å²) in [5.74, 6) is 0.205. The SMILES string of the molecule is CC[C@]12CCCN3C[C@H](O)c4c(n(c5ccccc45)C(=O)C1)[C@@H]32. The van der Waals surface area contributed by atoms with Gasteiger partial charge in [-0.25, -0.2) is 0 Å². The molecule has 3 aliphatic rings. The van der Waals surface area contributed by atoms with Crippen LogP contribution < -0.4 is 0 Å². The van der Waals surface area contributed by atoms with Gasteiger partial charge in [0.05, 0.1) is 23.4 Å². The Morgan fingerprint density at radius 1 is 1.35 bits per heavy atom. The minimum absolute atomic E-state index is 0.0502. The quantitative estimate of drug-likeness (QED) is 0.879. The molecule has 4 nitrogen and oxygen atoms in total. The average molecular weight is 310 g/mol. The molecule has 1 aromatic heterocycles. The summed E-state index contributed by atoms with van der Waals surface area (Å²) in [5.41, 5.74) is 3.12. The molecular weight excluding hydrogens is 288 g/mol. The van der Waals surface area contributed by atoms with E-state index in [1.165, 1.54) is 0 Å². The molecule has 1 aromatic carbocycles. The van der Waals surface area contributed by atoms with Gasteiger partial charge < -0.3 is 5.11 Å². The standard InChI is InChI=1S/C19H22N2O2/c1-2-19-8-5-9-20-11-14(22)16-12-6-3-4-7-13(12)21(15(23)10-19)17(16)18(19)20/h3-4,6-7,14,18,22H,2,5,8-11H2,1H3/t14-,18+,19-/m0/s1. The van der Waals surface area contributed by atoms with Gasteiger partial charge in [-0.05, 0) is 31.9 Å². The van der Waals surface area contributed by atoms with Gasteiger partial charge in [-0.2, -0.15) is 0 Å². The summed E-state index contributed by atoms with van der Waals surface area (Å²) >= 11 is 0. The maximum atomic E-state index is 13.0. The van der Waals surface area contributed by atoms with E-state index in [-0.39, 0.29) is 17.4 Å². The number of piperidine rings is 1. The Morgan fingerprint density at radius 3 is 3.00 bits per heavy atom. The van der Waals surface area contributed by atoms with Gasteiger partial charge >= 0.3 is 0 Å². The van der Waals surface area contributed by atoms with Crippen LogP contribution in [0.4, 0.5) is 0 Å². The molecule has 5 rings (SSSR count). The van der Waals surface area contributed by atoms with Crippen molar-refractivity contribution in [3.8, 4) is 0 Å². The fourth-order valence-electron chi connectivity index (χ4n) is 5.49. The van der Waals surface area contributed by atoms with E-state index in [9.17, 15) is 9.90 Å². The summed E-state index contributed by atoms with van der Waals surface area (Å²) in [6.07, 6.45) is 3.40. The smallest absolute Gasteiger partial charge is 0.231 e. The third-order valence-corrected chi connectivity index (χ3v) is 6.47. The summed E-state index contributed by atoms with van der Waals surface area (Å²) < 4.78 is 1.92. The lowest BCUT2D eigenvalue weighted by Gasteiger charge is -2.55. The molecule has 0 aliphatic carbocycles. The largest absolute Gasteiger partial charge is 0.387 e. The lowest BCUT2D eigenvalue weighted by molar-refractivity contribution is -0.0452. The number of benzene rings is 1. The number of fused-ring (bicyclic) bond motifs is 3. The molecule has 1 fully saturated rings. The van der Waals surface area contributed by atoms with Crippen LogP contribution in [0.1, 0.15) is 60.8 Å². The molecule has 1 N–H and O–H groups in total. The molecule has 0 radical (unpaired) electrons. The Labute approximate surface area is 135 Å². The van der Waals surface area contributed by atoms with Crippen molar-refractivity contribution in [3.63, 3.8) is 0 Å². The van der Waals surface area contributed by atoms with E-state index in [1.54, 1.807) is 0 Å². The highest BCUT2D eigenvalue weighted by molar-refractivity contribution is 5.98. The molecule has 0 spiro atoms. The zero-order valence-corrected chi connectivity index (χ0v) is 13.5. The minimum Gasteiger partial charge on any atom is -0.387 e. The van der Waals surface area contributed by atoms with Crippen LogP contribution in [0.25, 0.3) is 10.9 Å². The van der Waals surface area contributed by atoms with Gasteiger partial charge in [0, 0.05) is 29.3 Å². The van der Waals surface area contributed by atoms with Gasteiger partial charge in [0.2, 0.25) is 5.91 Å². The first kappa shape index (κ1) is 13.8. The summed E-state index contributed by atoms with van der Waals surface area (Å²) in [6, 6.07) is 8.34. The van der Waals surface area contributed by atoms with Crippen LogP contribution in [-0.2, 0) is 0 Å². The average Bonchev–Trinajstić information content (AvgIpc) is 2.90. The number of aliphatic hydroxyl groups excluding tert-OH is 1. The molecule has 4 heteroatoms. The normalized spacial score (nSPS) is 33.0. The molecular formula is C19H22N2O2. The van der Waals surface area contributed by atoms with E-state index >= 15 is 0 Å². The van der Waals surface area contributed by atoms with Gasteiger partial charge in [-0.15, -0.1) is 0 Å². The van der Waals surface area contributed by atoms with Crippen molar-refractivity contribution < 1.29 is 9.90 Å². The van der Waals surface area contributed by atoms with E-state index in [0.29, 0.717) is 13.0 Å². The van der Waals surface area contributed by atoms with Crippen LogP contribution in [0.15, 0.2) is 24.3 Å². The number of aromatic nitrogens is 1. The Morgan fingerprint density at radius 2 is 2.17 bits per heavy atom. The summed E-state index contributed by atoms with van der Waals surface area (Å²) in [7, 11) is 0. The summed E-state index contributed by atoms with van der Waals surface area (Å²) in [5, 5.41) is 11.9. The first-order valence-electron chi connectivity index (χ1n) is 8.75. The van der Waals surface area contributed by atoms with Crippen molar-refractivity contribution in [2.45, 2.75) is 44.8 Å². The fraction of sp³-hybridized carbons (Fsp3) is 0.526. The topological polar surface area (TPSA) is 45.5 Å². The first-order chi connectivity index (χ1) is 11.2. The van der Waals surface area contributed by atoms with Gasteiger partial charge in [-0.1, -0.05) is 25.1 Å². The number of carbonyl (C=O) groups is 1. The van der Waals surface area contributed by atoms with E-state index in [4.69, 9.17) is 0 Å². The van der Waals surface area contributed by atoms with Gasteiger partial charge in [0.15, 0.2) is 0 Å². The van der Waals surface area contributed by atoms with E-state index in [2.05, 4.69) is 17.9 Å². The van der Waals surface area contributed by atoms with Crippen LogP contribution in [0.3, 0.4) is 0 Å². The van der Waals surface area contributed by atoms with Gasteiger partial charge in [0.1, 0.15) is 0 Å². The highest BCUT2D eigenvalue weighted by Gasteiger charge is 2.54. The van der Waals surface area contributed by atoms with Crippen LogP contribution in [0, 0.1) is 5.41 Å². The molecule has 0 unspecified atom stereocenters. The highest BCUT2D eigenvalue weighted by Crippen LogP contribution is 2.58. The molecule has 1 saturated heterocycles. The Balaban J connectivity index is 1.90. The second kappa shape index (κ2) is 4.46. The maximum absolute atomic E-state index is 13.0. The lowest BCUT2D eigenvalue weighted by Crippen LogP contribution is -2.54. The number of para-hydroxylation sites is 1. The number of nitrogens with zero attached hydrogens (tertiary/aromatic N) is 2. The van der Waals surface area contributed by atoms with Crippen molar-refractivity contribution in [2.75, 3.05) is 13.1 Å². The molecule has 3 aliphatic heterocycles. The van der Waals surface area contributed by atoms with Crippen LogP contribution in [-0.4, -0.2) is 33.6 Å². The van der Waals surface area contributed by atoms with Crippen molar-refractivity contribution in [1.82, 2.24) is 9.47 Å². The van der Waals surface area contributed by atoms with Gasteiger partial charge in [-0.3, -0.25) is 14.3 Å². The zero-order chi connectivity index (χ0) is 15.8. The van der Waals surface area contributed by atoms with E-state index < -0.39 is 6.10 Å². The number of carbonyl (C=O) groups excluding carboxylic acids is 1. The van der Waals surface area contributed by atoms with E-state index in [0.717, 1.165) is 48.0 Å². The molecule has 0 bridgehead atoms. The number of hydrogen-bond acceptors (Lipinski definition) is 3. The highest BCUT2D eigenvalue weighted by atomic mass is 16.3.